The van der Waals surface area contributed by atoms with Gasteiger partial charge in [0, 0.05) is 12.7 Å². The highest BCUT2D eigenvalue weighted by Crippen LogP contribution is 2.29. The van der Waals surface area contributed by atoms with Crippen LogP contribution in [0.5, 0.6) is 0 Å². The van der Waals surface area contributed by atoms with Crippen LogP contribution in [0.2, 0.25) is 0 Å². The van der Waals surface area contributed by atoms with Gasteiger partial charge in [0.15, 0.2) is 0 Å². The van der Waals surface area contributed by atoms with Crippen LogP contribution in [0.25, 0.3) is 0 Å². The molecular weight excluding hydrogens is 237 g/mol. The number of alkyl halides is 3. The first-order chi connectivity index (χ1) is 6.66. The normalized spacial score (nSPS) is 13.1. The zero-order chi connectivity index (χ0) is 11.9. The Morgan fingerprint density at radius 1 is 1.53 bits per heavy atom. The molecular formula is C6H7F3N2O3S. The van der Waals surface area contributed by atoms with Crippen LogP contribution in [-0.4, -0.2) is 22.5 Å². The van der Waals surface area contributed by atoms with Gasteiger partial charge in [-0.05, 0) is 6.92 Å². The Labute approximate surface area is 83.3 Å². The van der Waals surface area contributed by atoms with Crippen LogP contribution in [0.4, 0.5) is 13.2 Å². The summed E-state index contributed by atoms with van der Waals surface area (Å²) >= 11 is 0. The fraction of sp³-hybridized carbons (Fsp3) is 0.500. The molecule has 0 spiro atoms. The number of aryl methyl sites for hydroxylation is 1. The summed E-state index contributed by atoms with van der Waals surface area (Å²) in [6.07, 6.45) is -4.11. The average molecular weight is 244 g/mol. The second-order valence-electron chi connectivity index (χ2n) is 2.66. The molecule has 0 saturated heterocycles. The van der Waals surface area contributed by atoms with Crippen molar-refractivity contribution in [3.05, 3.63) is 12.0 Å². The standard InChI is InChI=1S/C6H7F3N2O3S/c1-2-11-3-4(15(12,13)14)10-5(11)6(7,8)9/h3H,2H2,1H3,(H,12,13,14). The summed E-state index contributed by atoms with van der Waals surface area (Å²) in [6.45, 7) is 1.29. The van der Waals surface area contributed by atoms with E-state index in [4.69, 9.17) is 4.55 Å². The molecule has 0 aliphatic heterocycles. The summed E-state index contributed by atoms with van der Waals surface area (Å²) < 4.78 is 67.1. The quantitative estimate of drug-likeness (QED) is 0.792. The van der Waals surface area contributed by atoms with Crippen molar-refractivity contribution in [3.63, 3.8) is 0 Å². The first-order valence-corrected chi connectivity index (χ1v) is 5.22. The van der Waals surface area contributed by atoms with Gasteiger partial charge in [0.2, 0.25) is 10.9 Å². The molecule has 0 fully saturated rings. The van der Waals surface area contributed by atoms with Gasteiger partial charge in [-0.2, -0.15) is 21.6 Å². The molecule has 0 aliphatic carbocycles. The molecule has 0 aromatic carbocycles. The highest BCUT2D eigenvalue weighted by atomic mass is 32.2. The molecule has 15 heavy (non-hydrogen) atoms. The lowest BCUT2D eigenvalue weighted by molar-refractivity contribution is -0.147. The van der Waals surface area contributed by atoms with Gasteiger partial charge >= 0.3 is 16.3 Å². The van der Waals surface area contributed by atoms with E-state index in [1.807, 2.05) is 0 Å². The van der Waals surface area contributed by atoms with E-state index in [1.54, 1.807) is 0 Å². The van der Waals surface area contributed by atoms with E-state index >= 15 is 0 Å². The van der Waals surface area contributed by atoms with Crippen molar-refractivity contribution in [2.24, 2.45) is 0 Å². The number of rotatable bonds is 2. The largest absolute Gasteiger partial charge is 0.449 e. The van der Waals surface area contributed by atoms with E-state index in [9.17, 15) is 21.6 Å². The molecule has 9 heteroatoms. The van der Waals surface area contributed by atoms with Gasteiger partial charge in [-0.15, -0.1) is 0 Å². The van der Waals surface area contributed by atoms with Crippen molar-refractivity contribution < 1.29 is 26.1 Å². The molecule has 1 N–H and O–H groups in total. The zero-order valence-corrected chi connectivity index (χ0v) is 8.30. The number of nitrogens with zero attached hydrogens (tertiary/aromatic N) is 2. The van der Waals surface area contributed by atoms with Crippen LogP contribution in [0, 0.1) is 0 Å². The van der Waals surface area contributed by atoms with Crippen LogP contribution in [0.1, 0.15) is 12.7 Å². The van der Waals surface area contributed by atoms with Crippen molar-refractivity contribution in [1.82, 2.24) is 9.55 Å². The average Bonchev–Trinajstić information content (AvgIpc) is 2.44. The minimum absolute atomic E-state index is 0.0998. The third-order valence-electron chi connectivity index (χ3n) is 1.61. The van der Waals surface area contributed by atoms with Gasteiger partial charge in [-0.1, -0.05) is 0 Å². The highest BCUT2D eigenvalue weighted by molar-refractivity contribution is 7.85. The Bertz CT molecular complexity index is 462. The van der Waals surface area contributed by atoms with E-state index < -0.39 is 27.1 Å². The summed E-state index contributed by atoms with van der Waals surface area (Å²) in [6, 6.07) is 0. The number of halogens is 3. The summed E-state index contributed by atoms with van der Waals surface area (Å²) in [5, 5.41) is -1.00. The maximum absolute atomic E-state index is 12.3. The van der Waals surface area contributed by atoms with Gasteiger partial charge in [-0.3, -0.25) is 4.55 Å². The maximum Gasteiger partial charge on any atom is 0.449 e. The monoisotopic (exact) mass is 244 g/mol. The Morgan fingerprint density at radius 2 is 2.07 bits per heavy atom. The summed E-state index contributed by atoms with van der Waals surface area (Å²) in [5.74, 6) is -1.35. The van der Waals surface area contributed by atoms with Gasteiger partial charge in [0.1, 0.15) is 0 Å². The first kappa shape index (κ1) is 12.0. The van der Waals surface area contributed by atoms with Crippen LogP contribution in [-0.2, 0) is 22.8 Å². The number of hydrogen-bond donors (Lipinski definition) is 1. The molecule has 1 aromatic rings. The minimum Gasteiger partial charge on any atom is -0.326 e. The third-order valence-corrected chi connectivity index (χ3v) is 2.34. The van der Waals surface area contributed by atoms with E-state index in [2.05, 4.69) is 4.98 Å². The Kier molecular flexibility index (Phi) is 2.79. The van der Waals surface area contributed by atoms with Crippen molar-refractivity contribution in [2.75, 3.05) is 0 Å². The molecule has 0 radical (unpaired) electrons. The smallest absolute Gasteiger partial charge is 0.326 e. The second-order valence-corrected chi connectivity index (χ2v) is 4.03. The molecule has 1 rings (SSSR count). The Balaban J connectivity index is 3.37. The molecule has 5 nitrogen and oxygen atoms in total. The highest BCUT2D eigenvalue weighted by Gasteiger charge is 2.38. The fourth-order valence-corrected chi connectivity index (χ4v) is 1.45. The third kappa shape index (κ3) is 2.48. The number of hydrogen-bond acceptors (Lipinski definition) is 3. The van der Waals surface area contributed by atoms with Crippen LogP contribution >= 0.6 is 0 Å². The van der Waals surface area contributed by atoms with Crippen molar-refractivity contribution >= 4 is 10.1 Å². The maximum atomic E-state index is 12.3. The lowest BCUT2D eigenvalue weighted by Crippen LogP contribution is -2.13. The van der Waals surface area contributed by atoms with Crippen LogP contribution in [0.15, 0.2) is 11.2 Å². The number of imidazole rings is 1. The SMILES string of the molecule is CCn1cc(S(=O)(=O)O)nc1C(F)(F)F. The van der Waals surface area contributed by atoms with E-state index in [-0.39, 0.29) is 6.54 Å². The van der Waals surface area contributed by atoms with Crippen LogP contribution < -0.4 is 0 Å². The molecule has 0 unspecified atom stereocenters. The second kappa shape index (κ2) is 3.49. The van der Waals surface area contributed by atoms with E-state index in [1.165, 1.54) is 6.92 Å². The first-order valence-electron chi connectivity index (χ1n) is 3.78. The molecule has 0 bridgehead atoms. The van der Waals surface area contributed by atoms with Crippen molar-refractivity contribution in [1.29, 1.82) is 0 Å². The zero-order valence-electron chi connectivity index (χ0n) is 7.48. The Hall–Kier alpha value is -1.09. The summed E-state index contributed by atoms with van der Waals surface area (Å²) in [7, 11) is -4.71. The summed E-state index contributed by atoms with van der Waals surface area (Å²) in [4.78, 5) is 2.82. The van der Waals surface area contributed by atoms with Gasteiger partial charge in [0.05, 0.1) is 0 Å². The van der Waals surface area contributed by atoms with Crippen molar-refractivity contribution in [3.8, 4) is 0 Å². The molecule has 0 saturated carbocycles. The fourth-order valence-electron chi connectivity index (χ4n) is 0.983. The predicted molar refractivity (Wildman–Crippen MR) is 42.7 cm³/mol. The van der Waals surface area contributed by atoms with E-state index in [0.29, 0.717) is 10.8 Å². The lowest BCUT2D eigenvalue weighted by Gasteiger charge is -2.06. The molecule has 0 atom stereocenters. The predicted octanol–water partition coefficient (Wildman–Crippen LogP) is 1.17. The molecule has 1 heterocycles. The number of aromatic nitrogens is 2. The lowest BCUT2D eigenvalue weighted by atomic mass is 10.5. The minimum atomic E-state index is -4.75. The topological polar surface area (TPSA) is 72.2 Å². The molecule has 0 aliphatic rings. The molecule has 86 valence electrons. The summed E-state index contributed by atoms with van der Waals surface area (Å²) in [5.41, 5.74) is 0. The van der Waals surface area contributed by atoms with Crippen LogP contribution in [0.3, 0.4) is 0 Å². The Morgan fingerprint density at radius 3 is 2.33 bits per heavy atom. The molecule has 0 amide bonds. The van der Waals surface area contributed by atoms with Crippen molar-refractivity contribution in [2.45, 2.75) is 24.7 Å². The molecule has 1 aromatic heterocycles. The van der Waals surface area contributed by atoms with Gasteiger partial charge < -0.3 is 4.57 Å². The van der Waals surface area contributed by atoms with Gasteiger partial charge in [0.25, 0.3) is 0 Å². The van der Waals surface area contributed by atoms with Gasteiger partial charge in [-0.25, -0.2) is 4.98 Å². The van der Waals surface area contributed by atoms with E-state index in [0.717, 1.165) is 0 Å².